The molecule has 4 N–H and O–H groups in total. The average Bonchev–Trinajstić information content (AvgIpc) is 3.23. The molecule has 4 rings (SSSR count). The van der Waals surface area contributed by atoms with Crippen LogP contribution in [0.1, 0.15) is 10.6 Å². The summed E-state index contributed by atoms with van der Waals surface area (Å²) in [6.45, 7) is 1.94. The summed E-state index contributed by atoms with van der Waals surface area (Å²) in [4.78, 5) is 21.3. The standard InChI is InChI=1S/C19H16N6OS/c1-11-15(14-9-13(26)7-8-25(14)24-11)19-23-16(12-5-3-2-4-6-12)17(27-19)18(21)22-10-20/h2-10,24H,1H3,(H3,20,21,22). The highest BCUT2D eigenvalue weighted by atomic mass is 32.1. The van der Waals surface area contributed by atoms with E-state index in [2.05, 4.69) is 10.1 Å². The molecule has 0 aliphatic carbocycles. The molecule has 0 saturated heterocycles. The highest BCUT2D eigenvalue weighted by Crippen LogP contribution is 2.36. The Morgan fingerprint density at radius 3 is 2.85 bits per heavy atom. The number of aryl methyl sites for hydroxylation is 1. The van der Waals surface area contributed by atoms with Gasteiger partial charge in [0, 0.05) is 29.6 Å². The number of hydrogen-bond donors (Lipinski definition) is 3. The molecule has 8 heteroatoms. The molecule has 134 valence electrons. The van der Waals surface area contributed by atoms with Gasteiger partial charge in [-0.3, -0.25) is 19.8 Å². The zero-order chi connectivity index (χ0) is 19.0. The fourth-order valence-corrected chi connectivity index (χ4v) is 4.10. The number of nitrogens with two attached hydrogens (primary N) is 1. The fraction of sp³-hybridized carbons (Fsp3) is 0.0526. The van der Waals surface area contributed by atoms with E-state index in [4.69, 9.17) is 16.1 Å². The van der Waals surface area contributed by atoms with Crippen LogP contribution in [0.25, 0.3) is 27.3 Å². The number of fused-ring (bicyclic) bond motifs is 1. The minimum atomic E-state index is -0.0693. The Kier molecular flexibility index (Phi) is 4.17. The minimum absolute atomic E-state index is 0.0693. The van der Waals surface area contributed by atoms with Crippen molar-refractivity contribution < 1.29 is 0 Å². The third kappa shape index (κ3) is 2.96. The lowest BCUT2D eigenvalue weighted by molar-refractivity contribution is 0.932. The molecule has 0 radical (unpaired) electrons. The third-order valence-corrected chi connectivity index (χ3v) is 5.27. The third-order valence-electron chi connectivity index (χ3n) is 4.17. The van der Waals surface area contributed by atoms with E-state index in [1.165, 1.54) is 17.4 Å². The van der Waals surface area contributed by atoms with Gasteiger partial charge < -0.3 is 5.73 Å². The monoisotopic (exact) mass is 376 g/mol. The maximum absolute atomic E-state index is 11.9. The molecular weight excluding hydrogens is 360 g/mol. The normalized spacial score (nSPS) is 11.8. The van der Waals surface area contributed by atoms with E-state index < -0.39 is 0 Å². The van der Waals surface area contributed by atoms with Crippen LogP contribution in [-0.2, 0) is 0 Å². The first-order chi connectivity index (χ1) is 13.1. The number of aliphatic imine (C=N–C) groups is 1. The van der Waals surface area contributed by atoms with Gasteiger partial charge in [-0.15, -0.1) is 11.3 Å². The van der Waals surface area contributed by atoms with Gasteiger partial charge in [-0.1, -0.05) is 30.3 Å². The van der Waals surface area contributed by atoms with E-state index in [1.807, 2.05) is 37.3 Å². The maximum Gasteiger partial charge on any atom is 0.182 e. The van der Waals surface area contributed by atoms with Crippen LogP contribution in [-0.4, -0.2) is 26.8 Å². The molecule has 0 saturated carbocycles. The van der Waals surface area contributed by atoms with Crippen molar-refractivity contribution in [3.05, 3.63) is 69.5 Å². The second kappa shape index (κ2) is 6.65. The molecule has 1 aromatic carbocycles. The summed E-state index contributed by atoms with van der Waals surface area (Å²) in [6, 6.07) is 12.8. The van der Waals surface area contributed by atoms with Crippen molar-refractivity contribution in [1.29, 1.82) is 5.41 Å². The number of thiazole rings is 1. The molecule has 7 nitrogen and oxygen atoms in total. The number of nitrogens with one attached hydrogen (secondary N) is 2. The Morgan fingerprint density at radius 1 is 1.33 bits per heavy atom. The Balaban J connectivity index is 2.00. The van der Waals surface area contributed by atoms with Crippen molar-refractivity contribution in [2.45, 2.75) is 6.92 Å². The molecule has 0 spiro atoms. The Labute approximate surface area is 158 Å². The van der Waals surface area contributed by atoms with Crippen molar-refractivity contribution in [3.63, 3.8) is 0 Å². The van der Waals surface area contributed by atoms with Gasteiger partial charge in [-0.05, 0) is 6.92 Å². The molecule has 0 amide bonds. The van der Waals surface area contributed by atoms with Crippen molar-refractivity contribution >= 4 is 29.0 Å². The molecule has 27 heavy (non-hydrogen) atoms. The van der Waals surface area contributed by atoms with Gasteiger partial charge in [0.05, 0.1) is 21.7 Å². The van der Waals surface area contributed by atoms with Crippen LogP contribution in [0.2, 0.25) is 0 Å². The van der Waals surface area contributed by atoms with Gasteiger partial charge in [0.2, 0.25) is 0 Å². The number of aromatic nitrogens is 3. The fourth-order valence-electron chi connectivity index (χ4n) is 2.99. The second-order valence-electron chi connectivity index (χ2n) is 5.94. The van der Waals surface area contributed by atoms with Crippen molar-refractivity contribution in [2.24, 2.45) is 10.7 Å². The Hall–Kier alpha value is -3.52. The SMILES string of the molecule is Cc1[nH]n2ccc(=O)cc2c1-c1nc(-c2ccccc2)c(C(N)=NC=N)s1. The lowest BCUT2D eigenvalue weighted by Gasteiger charge is -2.00. The second-order valence-corrected chi connectivity index (χ2v) is 6.93. The van der Waals surface area contributed by atoms with Crippen LogP contribution in [0.3, 0.4) is 0 Å². The summed E-state index contributed by atoms with van der Waals surface area (Å²) in [5.74, 6) is 0.238. The Bertz CT molecular complexity index is 1230. The summed E-state index contributed by atoms with van der Waals surface area (Å²) in [6.07, 6.45) is 2.62. The number of nitrogens with zero attached hydrogens (tertiary/aromatic N) is 3. The molecule has 3 heterocycles. The molecule has 0 atom stereocenters. The van der Waals surface area contributed by atoms with E-state index in [9.17, 15) is 4.79 Å². The quantitative estimate of drug-likeness (QED) is 0.376. The summed E-state index contributed by atoms with van der Waals surface area (Å²) < 4.78 is 1.80. The van der Waals surface area contributed by atoms with E-state index >= 15 is 0 Å². The molecular formula is C19H16N6OS. The van der Waals surface area contributed by atoms with Crippen LogP contribution >= 0.6 is 11.3 Å². The summed E-state index contributed by atoms with van der Waals surface area (Å²) in [5.41, 5.74) is 10.1. The van der Waals surface area contributed by atoms with E-state index in [0.29, 0.717) is 10.6 Å². The van der Waals surface area contributed by atoms with Crippen LogP contribution in [0.15, 0.2) is 58.4 Å². The molecule has 0 aliphatic heterocycles. The average molecular weight is 376 g/mol. The van der Waals surface area contributed by atoms with E-state index in [-0.39, 0.29) is 11.3 Å². The minimum Gasteiger partial charge on any atom is -0.382 e. The molecule has 0 unspecified atom stereocenters. The number of amidine groups is 1. The summed E-state index contributed by atoms with van der Waals surface area (Å²) >= 11 is 1.39. The van der Waals surface area contributed by atoms with Gasteiger partial charge in [0.15, 0.2) is 5.43 Å². The summed E-state index contributed by atoms with van der Waals surface area (Å²) in [7, 11) is 0. The largest absolute Gasteiger partial charge is 0.382 e. The van der Waals surface area contributed by atoms with Gasteiger partial charge in [0.1, 0.15) is 17.2 Å². The number of pyridine rings is 1. The van der Waals surface area contributed by atoms with Crippen LogP contribution < -0.4 is 11.2 Å². The number of H-pyrrole nitrogens is 1. The molecule has 0 aliphatic rings. The predicted molar refractivity (Wildman–Crippen MR) is 109 cm³/mol. The van der Waals surface area contributed by atoms with Crippen LogP contribution in [0.5, 0.6) is 0 Å². The first kappa shape index (κ1) is 16.9. The van der Waals surface area contributed by atoms with Crippen LogP contribution in [0.4, 0.5) is 0 Å². The van der Waals surface area contributed by atoms with Gasteiger partial charge in [-0.2, -0.15) is 0 Å². The van der Waals surface area contributed by atoms with Gasteiger partial charge in [0.25, 0.3) is 0 Å². The zero-order valence-corrected chi connectivity index (χ0v) is 15.2. The number of aromatic amines is 1. The molecule has 0 bridgehead atoms. The topological polar surface area (TPSA) is 112 Å². The maximum atomic E-state index is 11.9. The van der Waals surface area contributed by atoms with Crippen molar-refractivity contribution in [2.75, 3.05) is 0 Å². The molecule has 0 fully saturated rings. The smallest absolute Gasteiger partial charge is 0.182 e. The van der Waals surface area contributed by atoms with Crippen molar-refractivity contribution in [3.8, 4) is 21.8 Å². The number of rotatable bonds is 4. The van der Waals surface area contributed by atoms with Crippen molar-refractivity contribution in [1.82, 2.24) is 14.6 Å². The lowest BCUT2D eigenvalue weighted by atomic mass is 10.1. The zero-order valence-electron chi connectivity index (χ0n) is 14.4. The van der Waals surface area contributed by atoms with Crippen LogP contribution in [0, 0.1) is 12.3 Å². The van der Waals surface area contributed by atoms with Gasteiger partial charge >= 0.3 is 0 Å². The Morgan fingerprint density at radius 2 is 2.11 bits per heavy atom. The highest BCUT2D eigenvalue weighted by molar-refractivity contribution is 7.17. The van der Waals surface area contributed by atoms with E-state index in [1.54, 1.807) is 16.8 Å². The predicted octanol–water partition coefficient (Wildman–Crippen LogP) is 3.04. The molecule has 4 aromatic rings. The number of benzene rings is 1. The first-order valence-corrected chi connectivity index (χ1v) is 9.00. The lowest BCUT2D eigenvalue weighted by Crippen LogP contribution is -2.12. The number of hydrogen-bond acceptors (Lipinski definition) is 4. The first-order valence-electron chi connectivity index (χ1n) is 8.18. The highest BCUT2D eigenvalue weighted by Gasteiger charge is 2.20. The molecule has 3 aromatic heterocycles. The van der Waals surface area contributed by atoms with Gasteiger partial charge in [-0.25, -0.2) is 9.98 Å². The van der Waals surface area contributed by atoms with E-state index in [0.717, 1.165) is 33.7 Å². The summed E-state index contributed by atoms with van der Waals surface area (Å²) in [5, 5.41) is 11.2.